The standard InChI is InChI=1S/C11H16BrNO.ClH/c1-8-4-5-9(7-10(8)12)11(13)3-2-6-14;/h4-5,7,11,14H,2-3,6,13H2,1H3;1H/t11-;/m0./s1. The van der Waals surface area contributed by atoms with E-state index in [4.69, 9.17) is 10.8 Å². The van der Waals surface area contributed by atoms with Crippen LogP contribution in [0.2, 0.25) is 0 Å². The molecule has 0 unspecified atom stereocenters. The molecule has 86 valence electrons. The first-order valence-corrected chi connectivity index (χ1v) is 5.57. The number of hydrogen-bond donors (Lipinski definition) is 2. The first-order valence-electron chi connectivity index (χ1n) is 4.77. The van der Waals surface area contributed by atoms with Crippen molar-refractivity contribution in [3.05, 3.63) is 33.8 Å². The lowest BCUT2D eigenvalue weighted by molar-refractivity contribution is 0.280. The van der Waals surface area contributed by atoms with Gasteiger partial charge in [-0.3, -0.25) is 0 Å². The summed E-state index contributed by atoms with van der Waals surface area (Å²) in [6, 6.07) is 6.18. The minimum atomic E-state index is 0. The predicted octanol–water partition coefficient (Wildman–Crippen LogP) is 2.95. The molecule has 1 rings (SSSR count). The fourth-order valence-electron chi connectivity index (χ4n) is 1.32. The van der Waals surface area contributed by atoms with Gasteiger partial charge >= 0.3 is 0 Å². The second-order valence-electron chi connectivity index (χ2n) is 3.48. The monoisotopic (exact) mass is 293 g/mol. The van der Waals surface area contributed by atoms with Crippen LogP contribution in [0.4, 0.5) is 0 Å². The predicted molar refractivity (Wildman–Crippen MR) is 69.4 cm³/mol. The van der Waals surface area contributed by atoms with E-state index in [-0.39, 0.29) is 25.1 Å². The van der Waals surface area contributed by atoms with Gasteiger partial charge in [-0.15, -0.1) is 12.4 Å². The van der Waals surface area contributed by atoms with Crippen LogP contribution in [-0.2, 0) is 0 Å². The summed E-state index contributed by atoms with van der Waals surface area (Å²) in [4.78, 5) is 0. The highest BCUT2D eigenvalue weighted by Gasteiger charge is 2.06. The van der Waals surface area contributed by atoms with E-state index >= 15 is 0 Å². The van der Waals surface area contributed by atoms with Gasteiger partial charge in [0.15, 0.2) is 0 Å². The Morgan fingerprint density at radius 1 is 1.47 bits per heavy atom. The van der Waals surface area contributed by atoms with Crippen molar-refractivity contribution in [2.24, 2.45) is 5.73 Å². The number of aliphatic hydroxyl groups excluding tert-OH is 1. The van der Waals surface area contributed by atoms with Gasteiger partial charge in [-0.2, -0.15) is 0 Å². The van der Waals surface area contributed by atoms with Crippen LogP contribution < -0.4 is 5.73 Å². The molecular formula is C11H17BrClNO. The quantitative estimate of drug-likeness (QED) is 0.897. The largest absolute Gasteiger partial charge is 0.396 e. The van der Waals surface area contributed by atoms with E-state index < -0.39 is 0 Å². The number of hydrogen-bond acceptors (Lipinski definition) is 2. The van der Waals surface area contributed by atoms with E-state index in [9.17, 15) is 0 Å². The normalized spacial score (nSPS) is 12.0. The van der Waals surface area contributed by atoms with Crippen LogP contribution in [0, 0.1) is 6.92 Å². The molecule has 2 nitrogen and oxygen atoms in total. The third kappa shape index (κ3) is 4.51. The number of aryl methyl sites for hydroxylation is 1. The summed E-state index contributed by atoms with van der Waals surface area (Å²) in [5.41, 5.74) is 8.30. The van der Waals surface area contributed by atoms with Gasteiger partial charge in [0, 0.05) is 17.1 Å². The molecule has 0 fully saturated rings. The zero-order chi connectivity index (χ0) is 10.6. The van der Waals surface area contributed by atoms with Gasteiger partial charge < -0.3 is 10.8 Å². The maximum Gasteiger partial charge on any atom is 0.0431 e. The van der Waals surface area contributed by atoms with E-state index in [0.717, 1.165) is 22.9 Å². The van der Waals surface area contributed by atoms with E-state index in [0.29, 0.717) is 0 Å². The maximum absolute atomic E-state index is 8.70. The molecule has 1 aromatic carbocycles. The zero-order valence-electron chi connectivity index (χ0n) is 8.74. The second-order valence-corrected chi connectivity index (χ2v) is 4.34. The summed E-state index contributed by atoms with van der Waals surface area (Å²) in [5.74, 6) is 0. The molecule has 0 aliphatic carbocycles. The van der Waals surface area contributed by atoms with Crippen molar-refractivity contribution in [2.75, 3.05) is 6.61 Å². The molecule has 3 N–H and O–H groups in total. The molecule has 0 saturated heterocycles. The van der Waals surface area contributed by atoms with E-state index in [2.05, 4.69) is 28.1 Å². The summed E-state index contributed by atoms with van der Waals surface area (Å²) in [5, 5.41) is 8.70. The Bertz CT molecular complexity index is 307. The Balaban J connectivity index is 0.00000196. The molecule has 0 aliphatic heterocycles. The Labute approximate surface area is 105 Å². The molecule has 0 amide bonds. The maximum atomic E-state index is 8.70. The molecule has 0 spiro atoms. The molecule has 1 aromatic rings. The Morgan fingerprint density at radius 3 is 2.67 bits per heavy atom. The topological polar surface area (TPSA) is 46.2 Å². The number of halogens is 2. The van der Waals surface area contributed by atoms with Crippen LogP contribution in [0.1, 0.15) is 30.0 Å². The Hall–Kier alpha value is -0.0900. The average molecular weight is 295 g/mol. The zero-order valence-corrected chi connectivity index (χ0v) is 11.1. The lowest BCUT2D eigenvalue weighted by Crippen LogP contribution is -2.10. The van der Waals surface area contributed by atoms with Crippen LogP contribution in [0.3, 0.4) is 0 Å². The van der Waals surface area contributed by atoms with Gasteiger partial charge in [-0.05, 0) is 37.0 Å². The minimum absolute atomic E-state index is 0. The number of nitrogens with two attached hydrogens (primary N) is 1. The molecule has 0 saturated carbocycles. The lowest BCUT2D eigenvalue weighted by atomic mass is 10.0. The van der Waals surface area contributed by atoms with E-state index in [1.807, 2.05) is 13.0 Å². The third-order valence-electron chi connectivity index (χ3n) is 2.30. The van der Waals surface area contributed by atoms with Gasteiger partial charge in [-0.25, -0.2) is 0 Å². The molecule has 0 heterocycles. The van der Waals surface area contributed by atoms with Crippen molar-refractivity contribution >= 4 is 28.3 Å². The van der Waals surface area contributed by atoms with Crippen LogP contribution in [0.15, 0.2) is 22.7 Å². The highest BCUT2D eigenvalue weighted by molar-refractivity contribution is 9.10. The van der Waals surface area contributed by atoms with Crippen molar-refractivity contribution in [1.29, 1.82) is 0 Å². The molecule has 0 aromatic heterocycles. The third-order valence-corrected chi connectivity index (χ3v) is 3.15. The summed E-state index contributed by atoms with van der Waals surface area (Å²) in [7, 11) is 0. The van der Waals surface area contributed by atoms with Crippen molar-refractivity contribution in [1.82, 2.24) is 0 Å². The number of benzene rings is 1. The van der Waals surface area contributed by atoms with Gasteiger partial charge in [0.2, 0.25) is 0 Å². The van der Waals surface area contributed by atoms with Crippen LogP contribution in [0.25, 0.3) is 0 Å². The van der Waals surface area contributed by atoms with Crippen molar-refractivity contribution < 1.29 is 5.11 Å². The lowest BCUT2D eigenvalue weighted by Gasteiger charge is -2.12. The SMILES string of the molecule is Cc1ccc([C@@H](N)CCCO)cc1Br.Cl. The molecule has 1 atom stereocenters. The van der Waals surface area contributed by atoms with Crippen molar-refractivity contribution in [2.45, 2.75) is 25.8 Å². The average Bonchev–Trinajstić information content (AvgIpc) is 2.18. The Kier molecular flexibility index (Phi) is 7.18. The van der Waals surface area contributed by atoms with Gasteiger partial charge in [0.05, 0.1) is 0 Å². The van der Waals surface area contributed by atoms with Gasteiger partial charge in [0.25, 0.3) is 0 Å². The Morgan fingerprint density at radius 2 is 2.13 bits per heavy atom. The molecule has 4 heteroatoms. The molecule has 15 heavy (non-hydrogen) atoms. The van der Waals surface area contributed by atoms with Crippen LogP contribution in [-0.4, -0.2) is 11.7 Å². The second kappa shape index (κ2) is 7.23. The van der Waals surface area contributed by atoms with Crippen LogP contribution >= 0.6 is 28.3 Å². The molecule has 0 radical (unpaired) electrons. The van der Waals surface area contributed by atoms with Crippen molar-refractivity contribution in [3.63, 3.8) is 0 Å². The van der Waals surface area contributed by atoms with E-state index in [1.165, 1.54) is 5.56 Å². The molecule has 0 aliphatic rings. The summed E-state index contributed by atoms with van der Waals surface area (Å²) >= 11 is 3.48. The highest BCUT2D eigenvalue weighted by Crippen LogP contribution is 2.22. The van der Waals surface area contributed by atoms with Crippen LogP contribution in [0.5, 0.6) is 0 Å². The smallest absolute Gasteiger partial charge is 0.0431 e. The first kappa shape index (κ1) is 14.9. The fraction of sp³-hybridized carbons (Fsp3) is 0.455. The summed E-state index contributed by atoms with van der Waals surface area (Å²) < 4.78 is 1.09. The van der Waals surface area contributed by atoms with Crippen molar-refractivity contribution in [3.8, 4) is 0 Å². The highest BCUT2D eigenvalue weighted by atomic mass is 79.9. The first-order chi connectivity index (χ1) is 6.65. The van der Waals surface area contributed by atoms with Gasteiger partial charge in [0.1, 0.15) is 0 Å². The minimum Gasteiger partial charge on any atom is -0.396 e. The summed E-state index contributed by atoms with van der Waals surface area (Å²) in [6.45, 7) is 2.26. The fourth-order valence-corrected chi connectivity index (χ4v) is 1.71. The summed E-state index contributed by atoms with van der Waals surface area (Å²) in [6.07, 6.45) is 1.58. The van der Waals surface area contributed by atoms with E-state index in [1.54, 1.807) is 0 Å². The molecule has 0 bridgehead atoms. The number of aliphatic hydroxyl groups is 1. The van der Waals surface area contributed by atoms with Gasteiger partial charge in [-0.1, -0.05) is 28.1 Å². The number of rotatable bonds is 4. The molecular weight excluding hydrogens is 277 g/mol.